The molecule has 1 aromatic rings. The molecule has 2 rings (SSSR count). The highest BCUT2D eigenvalue weighted by molar-refractivity contribution is 5.95. The Labute approximate surface area is 58.7 Å². The number of Topliss-reactive ketones (excluding diaryl/α,β-unsaturated/α-hetero) is 1. The second kappa shape index (κ2) is 1.68. The number of nitrogens with zero attached hydrogens (tertiary/aromatic N) is 2. The molecule has 0 saturated heterocycles. The maximum Gasteiger partial charge on any atom is 0.200 e. The van der Waals surface area contributed by atoms with Gasteiger partial charge in [-0.25, -0.2) is 4.98 Å². The van der Waals surface area contributed by atoms with Gasteiger partial charge < -0.3 is 4.57 Å². The number of hydrogen-bond donors (Lipinski definition) is 0. The molecular weight excluding hydrogens is 128 g/mol. The third kappa shape index (κ3) is 0.546. The molecule has 0 aromatic carbocycles. The van der Waals surface area contributed by atoms with Gasteiger partial charge in [-0.15, -0.1) is 0 Å². The Morgan fingerprint density at radius 2 is 2.60 bits per heavy atom. The van der Waals surface area contributed by atoms with Crippen LogP contribution in [0, 0.1) is 0 Å². The minimum Gasteiger partial charge on any atom is -0.325 e. The highest BCUT2D eigenvalue weighted by atomic mass is 16.1. The van der Waals surface area contributed by atoms with E-state index in [1.165, 1.54) is 0 Å². The van der Waals surface area contributed by atoms with E-state index in [9.17, 15) is 4.79 Å². The smallest absolute Gasteiger partial charge is 0.200 e. The molecule has 0 radical (unpaired) electrons. The fraction of sp³-hybridized carbons (Fsp3) is 0.429. The summed E-state index contributed by atoms with van der Waals surface area (Å²) in [5, 5.41) is 0. The molecule has 52 valence electrons. The second-order valence-corrected chi connectivity index (χ2v) is 2.63. The molecule has 0 unspecified atom stereocenters. The van der Waals surface area contributed by atoms with Crippen molar-refractivity contribution in [3.8, 4) is 0 Å². The highest BCUT2D eigenvalue weighted by Gasteiger charge is 2.25. The number of rotatable bonds is 0. The van der Waals surface area contributed by atoms with E-state index in [4.69, 9.17) is 0 Å². The van der Waals surface area contributed by atoms with E-state index in [0.29, 0.717) is 18.3 Å². The Balaban J connectivity index is 2.58. The molecule has 0 bridgehead atoms. The first-order valence-corrected chi connectivity index (χ1v) is 3.35. The summed E-state index contributed by atoms with van der Waals surface area (Å²) in [7, 11) is 0. The van der Waals surface area contributed by atoms with Crippen molar-refractivity contribution in [3.05, 3.63) is 18.2 Å². The van der Waals surface area contributed by atoms with Crippen molar-refractivity contribution in [1.29, 1.82) is 0 Å². The van der Waals surface area contributed by atoms with Crippen molar-refractivity contribution in [2.24, 2.45) is 0 Å². The summed E-state index contributed by atoms with van der Waals surface area (Å²) in [6, 6.07) is 0.310. The van der Waals surface area contributed by atoms with Crippen LogP contribution in [-0.4, -0.2) is 15.3 Å². The minimum absolute atomic E-state index is 0.164. The van der Waals surface area contributed by atoms with E-state index in [2.05, 4.69) is 4.98 Å². The van der Waals surface area contributed by atoms with Crippen molar-refractivity contribution in [2.75, 3.05) is 0 Å². The number of imidazole rings is 1. The lowest BCUT2D eigenvalue weighted by atomic mass is 10.2. The lowest BCUT2D eigenvalue weighted by Crippen LogP contribution is -1.95. The third-order valence-corrected chi connectivity index (χ3v) is 1.87. The summed E-state index contributed by atoms with van der Waals surface area (Å²) in [5.41, 5.74) is 0. The largest absolute Gasteiger partial charge is 0.325 e. The van der Waals surface area contributed by atoms with Crippen molar-refractivity contribution in [3.63, 3.8) is 0 Å². The van der Waals surface area contributed by atoms with Crippen LogP contribution in [0.15, 0.2) is 12.4 Å². The molecule has 0 aliphatic carbocycles. The summed E-state index contributed by atoms with van der Waals surface area (Å²) < 4.78 is 1.92. The normalized spacial score (nSPS) is 23.3. The summed E-state index contributed by atoms with van der Waals surface area (Å²) in [6.07, 6.45) is 4.14. The SMILES string of the molecule is C[C@H]1CC(=O)c2nccn21. The van der Waals surface area contributed by atoms with Crippen LogP contribution >= 0.6 is 0 Å². The van der Waals surface area contributed by atoms with Crippen molar-refractivity contribution in [1.82, 2.24) is 9.55 Å². The Morgan fingerprint density at radius 1 is 1.80 bits per heavy atom. The zero-order valence-electron chi connectivity index (χ0n) is 5.74. The van der Waals surface area contributed by atoms with Crippen molar-refractivity contribution < 1.29 is 4.79 Å². The maximum atomic E-state index is 11.1. The molecule has 0 N–H and O–H groups in total. The van der Waals surface area contributed by atoms with E-state index < -0.39 is 0 Å². The third-order valence-electron chi connectivity index (χ3n) is 1.87. The van der Waals surface area contributed by atoms with E-state index in [1.54, 1.807) is 6.20 Å². The molecular formula is C7H8N2O. The summed E-state index contributed by atoms with van der Waals surface area (Å²) in [6.45, 7) is 2.02. The summed E-state index contributed by atoms with van der Waals surface area (Å²) in [4.78, 5) is 15.0. The quantitative estimate of drug-likeness (QED) is 0.534. The van der Waals surface area contributed by atoms with Gasteiger partial charge in [-0.1, -0.05) is 0 Å². The average molecular weight is 136 g/mol. The van der Waals surface area contributed by atoms with Crippen LogP contribution in [0.2, 0.25) is 0 Å². The Kier molecular flexibility index (Phi) is 0.952. The van der Waals surface area contributed by atoms with Gasteiger partial charge in [0, 0.05) is 24.9 Å². The van der Waals surface area contributed by atoms with Crippen LogP contribution in [0.25, 0.3) is 0 Å². The van der Waals surface area contributed by atoms with Crippen molar-refractivity contribution in [2.45, 2.75) is 19.4 Å². The van der Waals surface area contributed by atoms with Gasteiger partial charge in [0.15, 0.2) is 11.6 Å². The molecule has 2 heterocycles. The van der Waals surface area contributed by atoms with Crippen LogP contribution in [0.3, 0.4) is 0 Å². The lowest BCUT2D eigenvalue weighted by Gasteiger charge is -2.00. The molecule has 3 nitrogen and oxygen atoms in total. The van der Waals surface area contributed by atoms with Gasteiger partial charge in [0.1, 0.15) is 0 Å². The Hall–Kier alpha value is -1.12. The molecule has 0 saturated carbocycles. The maximum absolute atomic E-state index is 11.1. The second-order valence-electron chi connectivity index (χ2n) is 2.63. The minimum atomic E-state index is 0.164. The van der Waals surface area contributed by atoms with Crippen LogP contribution in [0.4, 0.5) is 0 Å². The van der Waals surface area contributed by atoms with Gasteiger partial charge in [-0.2, -0.15) is 0 Å². The predicted octanol–water partition coefficient (Wildman–Crippen LogP) is 1.03. The van der Waals surface area contributed by atoms with Gasteiger partial charge in [0.05, 0.1) is 0 Å². The predicted molar refractivity (Wildman–Crippen MR) is 35.9 cm³/mol. The van der Waals surface area contributed by atoms with Gasteiger partial charge in [-0.05, 0) is 6.92 Å². The van der Waals surface area contributed by atoms with Gasteiger partial charge in [0.25, 0.3) is 0 Å². The number of aromatic nitrogens is 2. The fourth-order valence-electron chi connectivity index (χ4n) is 1.34. The fourth-order valence-corrected chi connectivity index (χ4v) is 1.34. The van der Waals surface area contributed by atoms with E-state index >= 15 is 0 Å². The summed E-state index contributed by atoms with van der Waals surface area (Å²) in [5.74, 6) is 0.782. The van der Waals surface area contributed by atoms with E-state index in [1.807, 2.05) is 17.7 Å². The van der Waals surface area contributed by atoms with Crippen LogP contribution in [0.1, 0.15) is 30.0 Å². The first-order valence-electron chi connectivity index (χ1n) is 3.35. The summed E-state index contributed by atoms with van der Waals surface area (Å²) >= 11 is 0. The molecule has 0 amide bonds. The number of hydrogen-bond acceptors (Lipinski definition) is 2. The molecule has 1 aliphatic rings. The van der Waals surface area contributed by atoms with Gasteiger partial charge in [-0.3, -0.25) is 4.79 Å². The number of ketones is 1. The van der Waals surface area contributed by atoms with Gasteiger partial charge >= 0.3 is 0 Å². The van der Waals surface area contributed by atoms with E-state index in [0.717, 1.165) is 0 Å². The van der Waals surface area contributed by atoms with Crippen molar-refractivity contribution >= 4 is 5.78 Å². The topological polar surface area (TPSA) is 34.9 Å². The lowest BCUT2D eigenvalue weighted by molar-refractivity contribution is 0.0986. The molecule has 10 heavy (non-hydrogen) atoms. The molecule has 0 spiro atoms. The molecule has 0 fully saturated rings. The van der Waals surface area contributed by atoms with Gasteiger partial charge in [0.2, 0.25) is 0 Å². The zero-order valence-corrected chi connectivity index (χ0v) is 5.74. The number of fused-ring (bicyclic) bond motifs is 1. The zero-order chi connectivity index (χ0) is 7.14. The van der Waals surface area contributed by atoms with E-state index in [-0.39, 0.29) is 5.78 Å². The first-order chi connectivity index (χ1) is 4.79. The Morgan fingerprint density at radius 3 is 3.30 bits per heavy atom. The first kappa shape index (κ1) is 5.65. The molecule has 1 atom stereocenters. The van der Waals surface area contributed by atoms with Crippen LogP contribution in [0.5, 0.6) is 0 Å². The Bertz CT molecular complexity index is 277. The monoisotopic (exact) mass is 136 g/mol. The number of carbonyl (C=O) groups is 1. The van der Waals surface area contributed by atoms with Crippen LogP contribution < -0.4 is 0 Å². The molecule has 3 heteroatoms. The number of carbonyl (C=O) groups excluding carboxylic acids is 1. The van der Waals surface area contributed by atoms with Crippen LogP contribution in [-0.2, 0) is 0 Å². The highest BCUT2D eigenvalue weighted by Crippen LogP contribution is 2.22. The molecule has 1 aromatic heterocycles. The molecule has 1 aliphatic heterocycles. The average Bonchev–Trinajstić information content (AvgIpc) is 2.39. The standard InChI is InChI=1S/C7H8N2O/c1-5-4-6(10)7-8-2-3-9(5)7/h2-3,5H,4H2,1H3/t5-/m0/s1.